The van der Waals surface area contributed by atoms with Gasteiger partial charge in [0.1, 0.15) is 17.3 Å². The predicted octanol–water partition coefficient (Wildman–Crippen LogP) is 2.39. The molecule has 0 radical (unpaired) electrons. The lowest BCUT2D eigenvalue weighted by Gasteiger charge is -2.05. The average Bonchev–Trinajstić information content (AvgIpc) is 2.59. The van der Waals surface area contributed by atoms with Crippen LogP contribution in [-0.4, -0.2) is 17.1 Å². The Morgan fingerprint density at radius 1 is 1.53 bits per heavy atom. The molecule has 0 saturated carbocycles. The number of hydrogen-bond acceptors (Lipinski definition) is 4. The number of carbonyl (C=O) groups excluding carboxylic acids is 1. The molecule has 0 bridgehead atoms. The lowest BCUT2D eigenvalue weighted by atomic mass is 10.2. The molecule has 0 aliphatic carbocycles. The first-order valence-electron chi connectivity index (χ1n) is 4.71. The minimum absolute atomic E-state index is 0.147. The van der Waals surface area contributed by atoms with Crippen molar-refractivity contribution in [2.45, 2.75) is 20.0 Å². The van der Waals surface area contributed by atoms with Crippen LogP contribution in [0.2, 0.25) is 0 Å². The van der Waals surface area contributed by atoms with E-state index in [0.29, 0.717) is 16.7 Å². The number of fused-ring (bicyclic) bond motifs is 1. The van der Waals surface area contributed by atoms with Crippen LogP contribution in [0.25, 0.3) is 11.1 Å². The maximum atomic E-state index is 11.6. The first-order chi connectivity index (χ1) is 7.18. The van der Waals surface area contributed by atoms with E-state index in [4.69, 9.17) is 9.15 Å². The second-order valence-electron chi connectivity index (χ2n) is 3.45. The highest BCUT2D eigenvalue weighted by Gasteiger charge is 2.16. The van der Waals surface area contributed by atoms with Gasteiger partial charge in [0.2, 0.25) is 0 Å². The molecule has 2 heterocycles. The summed E-state index contributed by atoms with van der Waals surface area (Å²) in [6.45, 7) is 3.60. The summed E-state index contributed by atoms with van der Waals surface area (Å²) in [6, 6.07) is 3.51. The number of pyridine rings is 1. The number of nitrogens with zero attached hydrogens (tertiary/aromatic N) is 1. The molecule has 0 aliphatic rings. The van der Waals surface area contributed by atoms with Gasteiger partial charge in [-0.05, 0) is 26.0 Å². The summed E-state index contributed by atoms with van der Waals surface area (Å²) in [5, 5.41) is 0. The van der Waals surface area contributed by atoms with Gasteiger partial charge < -0.3 is 9.15 Å². The fourth-order valence-corrected chi connectivity index (χ4v) is 1.29. The van der Waals surface area contributed by atoms with Crippen LogP contribution in [0.15, 0.2) is 29.0 Å². The second kappa shape index (κ2) is 3.73. The topological polar surface area (TPSA) is 52.3 Å². The molecule has 2 aromatic heterocycles. The van der Waals surface area contributed by atoms with Gasteiger partial charge in [-0.3, -0.25) is 4.98 Å². The molecule has 0 N–H and O–H groups in total. The molecular formula is C11H11NO3. The van der Waals surface area contributed by atoms with Crippen molar-refractivity contribution < 1.29 is 13.9 Å². The normalized spacial score (nSPS) is 10.9. The lowest BCUT2D eigenvalue weighted by Crippen LogP contribution is -2.11. The largest absolute Gasteiger partial charge is 0.462 e. The third-order valence-electron chi connectivity index (χ3n) is 1.89. The van der Waals surface area contributed by atoms with E-state index in [1.54, 1.807) is 32.2 Å². The highest BCUT2D eigenvalue weighted by atomic mass is 16.5. The van der Waals surface area contributed by atoms with Gasteiger partial charge in [0.25, 0.3) is 0 Å². The standard InChI is InChI=1S/C11H11NO3/c1-7(2)15-11(13)8-6-14-9-4-3-5-12-10(8)9/h3-7H,1-2H3. The number of ether oxygens (including phenoxy) is 1. The molecule has 2 aromatic rings. The second-order valence-corrected chi connectivity index (χ2v) is 3.45. The molecule has 4 nitrogen and oxygen atoms in total. The van der Waals surface area contributed by atoms with E-state index >= 15 is 0 Å². The van der Waals surface area contributed by atoms with Crippen LogP contribution in [0, 0.1) is 0 Å². The molecule has 0 saturated heterocycles. The zero-order valence-electron chi connectivity index (χ0n) is 8.56. The zero-order valence-corrected chi connectivity index (χ0v) is 8.56. The van der Waals surface area contributed by atoms with E-state index < -0.39 is 5.97 Å². The van der Waals surface area contributed by atoms with E-state index in [2.05, 4.69) is 4.98 Å². The summed E-state index contributed by atoms with van der Waals surface area (Å²) in [6.07, 6.45) is 2.85. The van der Waals surface area contributed by atoms with Crippen molar-refractivity contribution in [3.63, 3.8) is 0 Å². The summed E-state index contributed by atoms with van der Waals surface area (Å²) >= 11 is 0. The molecule has 0 aliphatic heterocycles. The quantitative estimate of drug-likeness (QED) is 0.706. The molecule has 0 aromatic carbocycles. The SMILES string of the molecule is CC(C)OC(=O)c1coc2cccnc12. The molecule has 15 heavy (non-hydrogen) atoms. The zero-order chi connectivity index (χ0) is 10.8. The first kappa shape index (κ1) is 9.71. The fourth-order valence-electron chi connectivity index (χ4n) is 1.29. The number of furan rings is 1. The number of carbonyl (C=O) groups is 1. The molecular weight excluding hydrogens is 194 g/mol. The van der Waals surface area contributed by atoms with Crippen LogP contribution < -0.4 is 0 Å². The highest BCUT2D eigenvalue weighted by Crippen LogP contribution is 2.19. The molecule has 4 heteroatoms. The third-order valence-corrected chi connectivity index (χ3v) is 1.89. The van der Waals surface area contributed by atoms with E-state index in [9.17, 15) is 4.79 Å². The molecule has 0 spiro atoms. The molecule has 2 rings (SSSR count). The number of hydrogen-bond donors (Lipinski definition) is 0. The maximum absolute atomic E-state index is 11.6. The maximum Gasteiger partial charge on any atom is 0.343 e. The van der Waals surface area contributed by atoms with Gasteiger partial charge in [-0.15, -0.1) is 0 Å². The average molecular weight is 205 g/mol. The van der Waals surface area contributed by atoms with E-state index in [-0.39, 0.29) is 6.10 Å². The van der Waals surface area contributed by atoms with E-state index in [1.165, 1.54) is 6.26 Å². The van der Waals surface area contributed by atoms with Crippen molar-refractivity contribution in [1.29, 1.82) is 0 Å². The summed E-state index contributed by atoms with van der Waals surface area (Å²) in [5.74, 6) is -0.401. The Balaban J connectivity index is 2.40. The lowest BCUT2D eigenvalue weighted by molar-refractivity contribution is 0.0379. The van der Waals surface area contributed by atoms with Gasteiger partial charge in [0.05, 0.1) is 6.10 Å². The van der Waals surface area contributed by atoms with Crippen LogP contribution in [0.4, 0.5) is 0 Å². The van der Waals surface area contributed by atoms with Crippen molar-refractivity contribution in [2.75, 3.05) is 0 Å². The summed E-state index contributed by atoms with van der Waals surface area (Å²) in [4.78, 5) is 15.7. The minimum atomic E-state index is -0.401. The highest BCUT2D eigenvalue weighted by molar-refractivity contribution is 6.01. The van der Waals surface area contributed by atoms with Crippen molar-refractivity contribution in [1.82, 2.24) is 4.98 Å². The monoisotopic (exact) mass is 205 g/mol. The number of aromatic nitrogens is 1. The molecule has 78 valence electrons. The van der Waals surface area contributed by atoms with Gasteiger partial charge in [-0.1, -0.05) is 0 Å². The van der Waals surface area contributed by atoms with Gasteiger partial charge in [0.15, 0.2) is 5.58 Å². The number of esters is 1. The fraction of sp³-hybridized carbons (Fsp3) is 0.273. The first-order valence-corrected chi connectivity index (χ1v) is 4.71. The molecule has 0 amide bonds. The molecule has 0 unspecified atom stereocenters. The Bertz CT molecular complexity index is 487. The van der Waals surface area contributed by atoms with Crippen LogP contribution in [0.1, 0.15) is 24.2 Å². The Labute approximate surface area is 86.9 Å². The Kier molecular flexibility index (Phi) is 2.41. The van der Waals surface area contributed by atoms with Crippen molar-refractivity contribution >= 4 is 17.1 Å². The van der Waals surface area contributed by atoms with Gasteiger partial charge in [-0.2, -0.15) is 0 Å². The van der Waals surface area contributed by atoms with E-state index in [1.807, 2.05) is 0 Å². The van der Waals surface area contributed by atoms with Crippen molar-refractivity contribution in [2.24, 2.45) is 0 Å². The summed E-state index contributed by atoms with van der Waals surface area (Å²) in [7, 11) is 0. The van der Waals surface area contributed by atoms with Crippen molar-refractivity contribution in [3.8, 4) is 0 Å². The van der Waals surface area contributed by atoms with Crippen LogP contribution in [0.5, 0.6) is 0 Å². The summed E-state index contributed by atoms with van der Waals surface area (Å²) in [5.41, 5.74) is 1.51. The molecule has 0 fully saturated rings. The smallest absolute Gasteiger partial charge is 0.343 e. The van der Waals surface area contributed by atoms with Crippen molar-refractivity contribution in [3.05, 3.63) is 30.2 Å². The molecule has 0 atom stereocenters. The van der Waals surface area contributed by atoms with Gasteiger partial charge in [0, 0.05) is 6.20 Å². The van der Waals surface area contributed by atoms with Gasteiger partial charge >= 0.3 is 5.97 Å². The Morgan fingerprint density at radius 2 is 2.33 bits per heavy atom. The van der Waals surface area contributed by atoms with E-state index in [0.717, 1.165) is 0 Å². The minimum Gasteiger partial charge on any atom is -0.462 e. The predicted molar refractivity (Wildman–Crippen MR) is 54.6 cm³/mol. The third kappa shape index (κ3) is 1.83. The van der Waals surface area contributed by atoms with Crippen LogP contribution in [-0.2, 0) is 4.74 Å². The van der Waals surface area contributed by atoms with Crippen LogP contribution >= 0.6 is 0 Å². The van der Waals surface area contributed by atoms with Crippen LogP contribution in [0.3, 0.4) is 0 Å². The van der Waals surface area contributed by atoms with Gasteiger partial charge in [-0.25, -0.2) is 4.79 Å². The Hall–Kier alpha value is -1.84. The Morgan fingerprint density at radius 3 is 3.07 bits per heavy atom. The number of rotatable bonds is 2. The summed E-state index contributed by atoms with van der Waals surface area (Å²) < 4.78 is 10.3.